The molecular formula is C4H3ClN2O2S. The summed E-state index contributed by atoms with van der Waals surface area (Å²) >= 11 is 6.07. The Morgan fingerprint density at radius 3 is 2.90 bits per heavy atom. The highest BCUT2D eigenvalue weighted by atomic mass is 35.5. The van der Waals surface area contributed by atoms with Crippen LogP contribution in [0.2, 0.25) is 0 Å². The van der Waals surface area contributed by atoms with E-state index in [9.17, 15) is 4.79 Å². The number of hydrogen-bond donors (Lipinski definition) is 0. The number of aryl methyl sites for hydroxylation is 1. The Labute approximate surface area is 65.9 Å². The van der Waals surface area contributed by atoms with E-state index in [2.05, 4.69) is 14.3 Å². The van der Waals surface area contributed by atoms with Gasteiger partial charge in [-0.1, -0.05) is 9.59 Å². The van der Waals surface area contributed by atoms with Crippen LogP contribution < -0.4 is 4.74 Å². The van der Waals surface area contributed by atoms with Crippen LogP contribution in [0, 0.1) is 6.92 Å². The van der Waals surface area contributed by atoms with Crippen molar-refractivity contribution in [2.45, 2.75) is 6.92 Å². The molecule has 10 heavy (non-hydrogen) atoms. The van der Waals surface area contributed by atoms with E-state index >= 15 is 0 Å². The normalized spacial score (nSPS) is 9.40. The fourth-order valence-electron chi connectivity index (χ4n) is 0.396. The van der Waals surface area contributed by atoms with Crippen LogP contribution in [0.15, 0.2) is 0 Å². The second kappa shape index (κ2) is 2.94. The van der Waals surface area contributed by atoms with Crippen molar-refractivity contribution in [3.8, 4) is 5.88 Å². The van der Waals surface area contributed by atoms with Crippen LogP contribution in [0.3, 0.4) is 0 Å². The third-order valence-electron chi connectivity index (χ3n) is 0.787. The van der Waals surface area contributed by atoms with Crippen molar-refractivity contribution in [1.82, 2.24) is 9.59 Å². The van der Waals surface area contributed by atoms with Gasteiger partial charge in [-0.2, -0.15) is 0 Å². The van der Waals surface area contributed by atoms with E-state index in [-0.39, 0.29) is 5.88 Å². The molecule has 1 rings (SSSR count). The van der Waals surface area contributed by atoms with Crippen molar-refractivity contribution in [2.24, 2.45) is 0 Å². The Hall–Kier alpha value is -0.680. The third kappa shape index (κ3) is 1.65. The summed E-state index contributed by atoms with van der Waals surface area (Å²) in [5.74, 6) is 0.185. The Balaban J connectivity index is 2.74. The first-order valence-corrected chi connectivity index (χ1v) is 3.51. The summed E-state index contributed by atoms with van der Waals surface area (Å²) in [5, 5.41) is 3.50. The van der Waals surface area contributed by atoms with E-state index < -0.39 is 5.43 Å². The molecule has 0 aliphatic carbocycles. The van der Waals surface area contributed by atoms with Crippen LogP contribution in [0.25, 0.3) is 0 Å². The summed E-state index contributed by atoms with van der Waals surface area (Å²) in [6.45, 7) is 1.74. The largest absolute Gasteiger partial charge is 0.410 e. The van der Waals surface area contributed by atoms with Gasteiger partial charge in [-0.05, 0) is 18.5 Å². The molecule has 0 spiro atoms. The van der Waals surface area contributed by atoms with Gasteiger partial charge in [-0.25, -0.2) is 4.79 Å². The minimum atomic E-state index is -0.893. The van der Waals surface area contributed by atoms with E-state index in [1.807, 2.05) is 0 Å². The molecule has 0 aliphatic heterocycles. The third-order valence-corrected chi connectivity index (χ3v) is 1.48. The van der Waals surface area contributed by atoms with Crippen molar-refractivity contribution >= 4 is 28.6 Å². The number of carbonyl (C=O) groups is 1. The average molecular weight is 179 g/mol. The zero-order valence-electron chi connectivity index (χ0n) is 5.00. The molecular weight excluding hydrogens is 176 g/mol. The number of ether oxygens (including phenoxy) is 1. The molecule has 0 aromatic carbocycles. The number of rotatable bonds is 1. The first-order valence-electron chi connectivity index (χ1n) is 2.36. The van der Waals surface area contributed by atoms with Crippen molar-refractivity contribution in [1.29, 1.82) is 0 Å². The fraction of sp³-hybridized carbons (Fsp3) is 0.250. The van der Waals surface area contributed by atoms with E-state index in [1.54, 1.807) is 6.92 Å². The minimum absolute atomic E-state index is 0.185. The predicted octanol–water partition coefficient (Wildman–Crippen LogP) is 1.58. The summed E-state index contributed by atoms with van der Waals surface area (Å²) in [4.78, 5) is 10.9. The summed E-state index contributed by atoms with van der Waals surface area (Å²) < 4.78 is 7.98. The number of nitrogens with zero attached hydrogens (tertiary/aromatic N) is 2. The lowest BCUT2D eigenvalue weighted by Gasteiger charge is -1.91. The van der Waals surface area contributed by atoms with E-state index in [4.69, 9.17) is 11.6 Å². The van der Waals surface area contributed by atoms with Gasteiger partial charge in [0.15, 0.2) is 0 Å². The molecule has 1 aromatic rings. The van der Waals surface area contributed by atoms with Gasteiger partial charge >= 0.3 is 5.43 Å². The zero-order valence-corrected chi connectivity index (χ0v) is 6.57. The van der Waals surface area contributed by atoms with Crippen molar-refractivity contribution in [2.75, 3.05) is 0 Å². The smallest absolute Gasteiger partial charge is 0.392 e. The lowest BCUT2D eigenvalue weighted by atomic mass is 10.6. The molecule has 4 nitrogen and oxygen atoms in total. The van der Waals surface area contributed by atoms with Gasteiger partial charge in [0.25, 0.3) is 5.88 Å². The van der Waals surface area contributed by atoms with Crippen molar-refractivity contribution in [3.05, 3.63) is 4.88 Å². The van der Waals surface area contributed by atoms with Crippen LogP contribution >= 0.6 is 23.1 Å². The first kappa shape index (κ1) is 7.43. The van der Waals surface area contributed by atoms with Crippen LogP contribution in [0.5, 0.6) is 5.88 Å². The van der Waals surface area contributed by atoms with Gasteiger partial charge < -0.3 is 4.74 Å². The molecule has 0 fully saturated rings. The average Bonchev–Trinajstić information content (AvgIpc) is 2.15. The van der Waals surface area contributed by atoms with Crippen LogP contribution in [0.4, 0.5) is 4.79 Å². The maximum atomic E-state index is 10.1. The molecule has 1 aromatic heterocycles. The maximum absolute atomic E-state index is 10.1. The van der Waals surface area contributed by atoms with Gasteiger partial charge in [0.05, 0.1) is 4.88 Å². The molecule has 1 heterocycles. The second-order valence-corrected chi connectivity index (χ2v) is 2.74. The summed E-state index contributed by atoms with van der Waals surface area (Å²) in [6, 6.07) is 0. The summed E-state index contributed by atoms with van der Waals surface area (Å²) in [5.41, 5.74) is -0.893. The molecule has 0 saturated carbocycles. The fourth-order valence-corrected chi connectivity index (χ4v) is 0.868. The van der Waals surface area contributed by atoms with Crippen LogP contribution in [0.1, 0.15) is 4.88 Å². The molecule has 6 heteroatoms. The van der Waals surface area contributed by atoms with Crippen molar-refractivity contribution in [3.63, 3.8) is 0 Å². The van der Waals surface area contributed by atoms with Crippen LogP contribution in [-0.4, -0.2) is 15.0 Å². The van der Waals surface area contributed by atoms with Gasteiger partial charge in [0, 0.05) is 11.6 Å². The molecule has 0 amide bonds. The number of hydrogen-bond acceptors (Lipinski definition) is 5. The molecule has 0 radical (unpaired) electrons. The number of halogens is 1. The van der Waals surface area contributed by atoms with Gasteiger partial charge in [0.1, 0.15) is 0 Å². The molecule has 0 unspecified atom stereocenters. The molecule has 0 N–H and O–H groups in total. The van der Waals surface area contributed by atoms with Gasteiger partial charge in [0.2, 0.25) is 0 Å². The maximum Gasteiger partial charge on any atom is 0.410 e. The highest BCUT2D eigenvalue weighted by Crippen LogP contribution is 2.16. The van der Waals surface area contributed by atoms with Crippen LogP contribution in [-0.2, 0) is 0 Å². The van der Waals surface area contributed by atoms with E-state index in [1.165, 1.54) is 0 Å². The Kier molecular flexibility index (Phi) is 2.18. The van der Waals surface area contributed by atoms with Crippen molar-refractivity contribution < 1.29 is 9.53 Å². The Morgan fingerprint density at radius 2 is 2.50 bits per heavy atom. The Bertz CT molecular complexity index is 249. The quantitative estimate of drug-likeness (QED) is 0.613. The van der Waals surface area contributed by atoms with Gasteiger partial charge in [-0.15, -0.1) is 0 Å². The summed E-state index contributed by atoms with van der Waals surface area (Å²) in [6.07, 6.45) is 0. The molecule has 0 atom stereocenters. The lowest BCUT2D eigenvalue weighted by molar-refractivity contribution is 0.223. The summed E-state index contributed by atoms with van der Waals surface area (Å²) in [7, 11) is 0. The SMILES string of the molecule is Cc1snnc1OC(=O)Cl. The predicted molar refractivity (Wildman–Crippen MR) is 36.5 cm³/mol. The topological polar surface area (TPSA) is 52.1 Å². The minimum Gasteiger partial charge on any atom is -0.392 e. The lowest BCUT2D eigenvalue weighted by Crippen LogP contribution is -1.97. The standard InChI is InChI=1S/C4H3ClN2O2S/c1-2-3(6-7-10-2)9-4(5)8/h1H3. The molecule has 54 valence electrons. The highest BCUT2D eigenvalue weighted by molar-refractivity contribution is 7.05. The Morgan fingerprint density at radius 1 is 1.80 bits per heavy atom. The monoisotopic (exact) mass is 178 g/mol. The van der Waals surface area contributed by atoms with E-state index in [0.29, 0.717) is 0 Å². The van der Waals surface area contributed by atoms with E-state index in [0.717, 1.165) is 16.4 Å². The second-order valence-electron chi connectivity index (χ2n) is 1.47. The number of aromatic nitrogens is 2. The molecule has 0 bridgehead atoms. The zero-order chi connectivity index (χ0) is 7.56. The molecule has 0 aliphatic rings. The first-order chi connectivity index (χ1) is 4.70. The molecule has 0 saturated heterocycles. The highest BCUT2D eigenvalue weighted by Gasteiger charge is 2.06. The number of carbonyl (C=O) groups excluding carboxylic acids is 1. The van der Waals surface area contributed by atoms with Gasteiger partial charge in [-0.3, -0.25) is 0 Å².